The van der Waals surface area contributed by atoms with Gasteiger partial charge in [0.15, 0.2) is 0 Å². The van der Waals surface area contributed by atoms with Crippen molar-refractivity contribution < 1.29 is 9.72 Å². The summed E-state index contributed by atoms with van der Waals surface area (Å²) in [6.45, 7) is 0.586. The highest BCUT2D eigenvalue weighted by atomic mass is 32.1. The number of carbonyl (C=O) groups is 1. The molecule has 9 nitrogen and oxygen atoms in total. The summed E-state index contributed by atoms with van der Waals surface area (Å²) in [7, 11) is 0. The van der Waals surface area contributed by atoms with Crippen LogP contribution in [0.25, 0.3) is 11.1 Å². The van der Waals surface area contributed by atoms with E-state index in [2.05, 4.69) is 15.6 Å². The van der Waals surface area contributed by atoms with E-state index in [4.69, 9.17) is 5.73 Å². The lowest BCUT2D eigenvalue weighted by Gasteiger charge is -2.10. The number of amides is 1. The van der Waals surface area contributed by atoms with E-state index in [1.165, 1.54) is 12.1 Å². The minimum atomic E-state index is -0.418. The van der Waals surface area contributed by atoms with Crippen molar-refractivity contribution in [3.05, 3.63) is 86.9 Å². The summed E-state index contributed by atoms with van der Waals surface area (Å²) in [4.78, 5) is 22.8. The zero-order valence-corrected chi connectivity index (χ0v) is 18.5. The van der Waals surface area contributed by atoms with Crippen LogP contribution < -0.4 is 11.1 Å². The van der Waals surface area contributed by atoms with E-state index >= 15 is 0 Å². The van der Waals surface area contributed by atoms with Gasteiger partial charge in [-0.05, 0) is 52.1 Å². The molecule has 4 aromatic rings. The molecule has 0 atom stereocenters. The maximum Gasteiger partial charge on any atom is 0.269 e. The second-order valence-electron chi connectivity index (χ2n) is 7.51. The van der Waals surface area contributed by atoms with E-state index in [9.17, 15) is 14.9 Å². The quantitative estimate of drug-likeness (QED) is 0.217. The Morgan fingerprint density at radius 1 is 1.12 bits per heavy atom. The average Bonchev–Trinajstić information content (AvgIpc) is 3.50. The van der Waals surface area contributed by atoms with E-state index < -0.39 is 4.92 Å². The predicted octanol–water partition coefficient (Wildman–Crippen LogP) is 4.31. The third-order valence-corrected chi connectivity index (χ3v) is 5.84. The number of nitrogens with one attached hydrogen (secondary N) is 1. The van der Waals surface area contributed by atoms with Gasteiger partial charge in [0, 0.05) is 37.7 Å². The second-order valence-corrected chi connectivity index (χ2v) is 8.29. The van der Waals surface area contributed by atoms with Gasteiger partial charge in [0.1, 0.15) is 0 Å². The first-order valence-electron chi connectivity index (χ1n) is 10.3. The zero-order chi connectivity index (χ0) is 23.2. The number of rotatable bonds is 9. The zero-order valence-electron chi connectivity index (χ0n) is 17.7. The Kier molecular flexibility index (Phi) is 6.75. The van der Waals surface area contributed by atoms with Crippen LogP contribution in [0.3, 0.4) is 0 Å². The molecule has 0 bridgehead atoms. The van der Waals surface area contributed by atoms with Crippen molar-refractivity contribution in [3.8, 4) is 11.1 Å². The Morgan fingerprint density at radius 2 is 1.94 bits per heavy atom. The van der Waals surface area contributed by atoms with Gasteiger partial charge in [-0.25, -0.2) is 0 Å². The summed E-state index contributed by atoms with van der Waals surface area (Å²) < 4.78 is 1.71. The van der Waals surface area contributed by atoms with Crippen LogP contribution in [0, 0.1) is 10.1 Å². The molecule has 0 saturated heterocycles. The van der Waals surface area contributed by atoms with E-state index in [0.29, 0.717) is 36.5 Å². The molecule has 2 aromatic carbocycles. The van der Waals surface area contributed by atoms with Gasteiger partial charge in [-0.1, -0.05) is 23.4 Å². The van der Waals surface area contributed by atoms with Crippen LogP contribution in [0.15, 0.2) is 65.5 Å². The number of aryl methyl sites for hydroxylation is 3. The normalized spacial score (nSPS) is 10.8. The summed E-state index contributed by atoms with van der Waals surface area (Å²) >= 11 is 1.61. The fraction of sp³-hybridized carbons (Fsp3) is 0.174. The number of aromatic nitrogens is 3. The maximum absolute atomic E-state index is 12.5. The van der Waals surface area contributed by atoms with Gasteiger partial charge >= 0.3 is 0 Å². The molecular weight excluding hydrogens is 440 g/mol. The Bertz CT molecular complexity index is 1250. The van der Waals surface area contributed by atoms with Gasteiger partial charge in [0.2, 0.25) is 5.91 Å². The second kappa shape index (κ2) is 10.0. The first-order valence-corrected chi connectivity index (χ1v) is 11.3. The highest BCUT2D eigenvalue weighted by Crippen LogP contribution is 2.28. The van der Waals surface area contributed by atoms with Crippen LogP contribution in [0.4, 0.5) is 17.1 Å². The monoisotopic (exact) mass is 462 g/mol. The summed E-state index contributed by atoms with van der Waals surface area (Å²) in [5.41, 5.74) is 11.0. The molecule has 0 unspecified atom stereocenters. The summed E-state index contributed by atoms with van der Waals surface area (Å²) in [5.74, 6) is -0.149. The molecule has 33 heavy (non-hydrogen) atoms. The third-order valence-electron chi connectivity index (χ3n) is 5.15. The molecule has 2 aromatic heterocycles. The number of anilines is 2. The smallest absolute Gasteiger partial charge is 0.269 e. The van der Waals surface area contributed by atoms with Crippen molar-refractivity contribution in [2.24, 2.45) is 0 Å². The molecule has 0 spiro atoms. The molecule has 1 amide bonds. The van der Waals surface area contributed by atoms with Crippen molar-refractivity contribution in [2.75, 3.05) is 11.1 Å². The largest absolute Gasteiger partial charge is 0.397 e. The van der Waals surface area contributed by atoms with Crippen LogP contribution in [0.2, 0.25) is 0 Å². The molecule has 0 radical (unpaired) electrons. The molecule has 0 aliphatic heterocycles. The van der Waals surface area contributed by atoms with Crippen molar-refractivity contribution >= 4 is 34.3 Å². The van der Waals surface area contributed by atoms with E-state index in [-0.39, 0.29) is 18.0 Å². The molecule has 2 heterocycles. The number of hydrogen-bond donors (Lipinski definition) is 2. The van der Waals surface area contributed by atoms with Gasteiger partial charge in [-0.3, -0.25) is 19.6 Å². The topological polar surface area (TPSA) is 129 Å². The number of nitro groups is 1. The van der Waals surface area contributed by atoms with E-state index in [1.807, 2.05) is 35.2 Å². The lowest BCUT2D eigenvalue weighted by molar-refractivity contribution is -0.384. The molecule has 10 heteroatoms. The number of nitrogen functional groups attached to an aromatic ring is 1. The van der Waals surface area contributed by atoms with Gasteiger partial charge in [0.05, 0.1) is 22.0 Å². The maximum atomic E-state index is 12.5. The Hall–Kier alpha value is -4.05. The average molecular weight is 463 g/mol. The molecule has 4 rings (SSSR count). The number of nitrogens with two attached hydrogens (primary N) is 1. The van der Waals surface area contributed by atoms with Gasteiger partial charge in [0.25, 0.3) is 5.69 Å². The van der Waals surface area contributed by atoms with Crippen LogP contribution in [-0.2, 0) is 24.2 Å². The molecule has 3 N–H and O–H groups in total. The molecular formula is C23H22N6O3S. The molecule has 0 aliphatic carbocycles. The fourth-order valence-electron chi connectivity index (χ4n) is 3.32. The van der Waals surface area contributed by atoms with Crippen LogP contribution in [-0.4, -0.2) is 25.8 Å². The van der Waals surface area contributed by atoms with Crippen molar-refractivity contribution in [1.82, 2.24) is 15.0 Å². The third kappa shape index (κ3) is 5.80. The number of carbonyl (C=O) groups excluding carboxylic acids is 1. The highest BCUT2D eigenvalue weighted by molar-refractivity contribution is 7.08. The first kappa shape index (κ1) is 22.2. The molecule has 168 valence electrons. The van der Waals surface area contributed by atoms with Crippen LogP contribution >= 0.6 is 11.3 Å². The van der Waals surface area contributed by atoms with Crippen LogP contribution in [0.5, 0.6) is 0 Å². The SMILES string of the molecule is Nc1ccc(-c2ccsc2)cc1NC(=O)CCc1cn(CCc2ccc([N+](=O)[O-])cc2)nn1. The van der Waals surface area contributed by atoms with Crippen molar-refractivity contribution in [2.45, 2.75) is 25.8 Å². The number of thiophene rings is 1. The van der Waals surface area contributed by atoms with E-state index in [0.717, 1.165) is 16.7 Å². The minimum absolute atomic E-state index is 0.0695. The lowest BCUT2D eigenvalue weighted by Crippen LogP contribution is -2.13. The number of non-ortho nitro benzene ring substituents is 1. The van der Waals surface area contributed by atoms with Crippen LogP contribution in [0.1, 0.15) is 17.7 Å². The highest BCUT2D eigenvalue weighted by Gasteiger charge is 2.10. The summed E-state index contributed by atoms with van der Waals surface area (Å²) in [6.07, 6.45) is 3.18. The Morgan fingerprint density at radius 3 is 2.67 bits per heavy atom. The van der Waals surface area contributed by atoms with E-state index in [1.54, 1.807) is 34.2 Å². The number of nitrogens with zero attached hydrogens (tertiary/aromatic N) is 4. The number of benzene rings is 2. The molecule has 0 aliphatic rings. The Balaban J connectivity index is 1.28. The van der Waals surface area contributed by atoms with Gasteiger partial charge in [-0.2, -0.15) is 11.3 Å². The van der Waals surface area contributed by atoms with Gasteiger partial charge < -0.3 is 11.1 Å². The number of hydrogen-bond acceptors (Lipinski definition) is 7. The van der Waals surface area contributed by atoms with Gasteiger partial charge in [-0.15, -0.1) is 5.10 Å². The molecule has 0 saturated carbocycles. The Labute approximate surface area is 194 Å². The first-order chi connectivity index (χ1) is 16.0. The molecule has 0 fully saturated rings. The summed E-state index contributed by atoms with van der Waals surface area (Å²) in [5, 5.41) is 25.9. The lowest BCUT2D eigenvalue weighted by atomic mass is 10.1. The minimum Gasteiger partial charge on any atom is -0.397 e. The standard InChI is InChI=1S/C23H22N6O3S/c24-21-7-3-17(18-10-12-33-15-18)13-22(21)25-23(30)8-4-19-14-28(27-26-19)11-9-16-1-5-20(6-2-16)29(31)32/h1-3,5-7,10,12-15H,4,8-9,11,24H2,(H,25,30). The van der Waals surface area contributed by atoms with Crippen molar-refractivity contribution in [1.29, 1.82) is 0 Å². The summed E-state index contributed by atoms with van der Waals surface area (Å²) in [6, 6.07) is 14.1. The number of nitro benzene ring substituents is 1. The fourth-order valence-corrected chi connectivity index (χ4v) is 3.98. The predicted molar refractivity (Wildman–Crippen MR) is 128 cm³/mol. The van der Waals surface area contributed by atoms with Crippen molar-refractivity contribution in [3.63, 3.8) is 0 Å².